The number of rotatable bonds is 15. The van der Waals surface area contributed by atoms with Gasteiger partial charge in [0.05, 0.1) is 79.3 Å². The van der Waals surface area contributed by atoms with E-state index in [9.17, 15) is 0 Å². The van der Waals surface area contributed by atoms with Crippen molar-refractivity contribution < 1.29 is 28.4 Å². The molecule has 3 rings (SSSR count). The van der Waals surface area contributed by atoms with E-state index in [4.69, 9.17) is 28.4 Å². The lowest BCUT2D eigenvalue weighted by molar-refractivity contribution is -0.135. The second-order valence-corrected chi connectivity index (χ2v) is 12.9. The molecule has 0 aromatic carbocycles. The van der Waals surface area contributed by atoms with E-state index in [1.807, 2.05) is 0 Å². The Balaban J connectivity index is 0.000000305. The first-order valence-corrected chi connectivity index (χ1v) is 14.4. The number of ether oxygens (including phenoxy) is 6. The van der Waals surface area contributed by atoms with Gasteiger partial charge >= 0.3 is 0 Å². The van der Waals surface area contributed by atoms with Crippen LogP contribution in [-0.2, 0) is 28.4 Å². The minimum atomic E-state index is 0.268. The van der Waals surface area contributed by atoms with Gasteiger partial charge in [0.15, 0.2) is 0 Å². The third-order valence-electron chi connectivity index (χ3n) is 6.54. The van der Waals surface area contributed by atoms with Crippen LogP contribution in [0.1, 0.15) is 68.2 Å². The van der Waals surface area contributed by atoms with Gasteiger partial charge in [-0.2, -0.15) is 0 Å². The Morgan fingerprint density at radius 2 is 1.00 bits per heavy atom. The molecule has 226 valence electrons. The van der Waals surface area contributed by atoms with Crippen LogP contribution in [0.15, 0.2) is 47.6 Å². The van der Waals surface area contributed by atoms with Gasteiger partial charge in [-0.3, -0.25) is 0 Å². The highest BCUT2D eigenvalue weighted by atomic mass is 16.5. The van der Waals surface area contributed by atoms with Gasteiger partial charge in [0, 0.05) is 16.2 Å². The molecule has 0 bridgehead atoms. The summed E-state index contributed by atoms with van der Waals surface area (Å²) in [7, 11) is 0. The molecule has 0 amide bonds. The van der Waals surface area contributed by atoms with Gasteiger partial charge in [0.1, 0.15) is 0 Å². The summed E-state index contributed by atoms with van der Waals surface area (Å²) in [6.45, 7) is 30.4. The van der Waals surface area contributed by atoms with Crippen molar-refractivity contribution in [3.05, 3.63) is 47.6 Å². The minimum absolute atomic E-state index is 0.268. The van der Waals surface area contributed by atoms with Crippen molar-refractivity contribution in [3.8, 4) is 0 Å². The summed E-state index contributed by atoms with van der Waals surface area (Å²) in [6.07, 6.45) is 10.6. The molecule has 0 spiro atoms. The Bertz CT molecular complexity index is 761. The zero-order valence-corrected chi connectivity index (χ0v) is 26.4. The lowest BCUT2D eigenvalue weighted by Crippen LogP contribution is -2.43. The average molecular weight is 551 g/mol. The van der Waals surface area contributed by atoms with Gasteiger partial charge in [-0.1, -0.05) is 61.8 Å². The zero-order valence-electron chi connectivity index (χ0n) is 26.4. The molecule has 6 heteroatoms. The summed E-state index contributed by atoms with van der Waals surface area (Å²) in [4.78, 5) is 0. The van der Waals surface area contributed by atoms with E-state index in [0.717, 1.165) is 85.5 Å². The maximum atomic E-state index is 5.67. The van der Waals surface area contributed by atoms with E-state index in [0.29, 0.717) is 6.61 Å². The standard InChI is InChI=1S/C15H26O2.C10H18O2.C8H14O2/c1-13(2)6-5-7-14(3)8-9-16-10-15(4)11-17-12-15;1-9(2)4-5-11-6-10(3)7-12-8-10;1-3-4-9-5-8(2)6-10-7-8/h6,8H,5,7,9-12H2,1-4H3;4H,5-8H2,1-3H3;3H,1,4-7H2,2H3/b14-8+;;. The maximum absolute atomic E-state index is 5.67. The minimum Gasteiger partial charge on any atom is -0.380 e. The third kappa shape index (κ3) is 17.2. The summed E-state index contributed by atoms with van der Waals surface area (Å²) in [6, 6.07) is 0. The first-order valence-electron chi connectivity index (χ1n) is 14.4. The molecule has 0 unspecified atom stereocenters. The van der Waals surface area contributed by atoms with Gasteiger partial charge in [-0.15, -0.1) is 6.58 Å². The molecule has 3 aliphatic heterocycles. The predicted octanol–water partition coefficient (Wildman–Crippen LogP) is 6.96. The van der Waals surface area contributed by atoms with Crippen molar-refractivity contribution in [2.45, 2.75) is 68.2 Å². The van der Waals surface area contributed by atoms with Crippen LogP contribution in [0.2, 0.25) is 0 Å². The van der Waals surface area contributed by atoms with E-state index in [1.165, 1.54) is 16.7 Å². The van der Waals surface area contributed by atoms with Crippen molar-refractivity contribution in [1.82, 2.24) is 0 Å². The van der Waals surface area contributed by atoms with Gasteiger partial charge in [-0.25, -0.2) is 0 Å². The number of hydrogen-bond donors (Lipinski definition) is 0. The highest BCUT2D eigenvalue weighted by molar-refractivity contribution is 5.02. The fraction of sp³-hybridized carbons (Fsp3) is 0.758. The molecular weight excluding hydrogens is 492 g/mol. The van der Waals surface area contributed by atoms with Crippen molar-refractivity contribution >= 4 is 0 Å². The van der Waals surface area contributed by atoms with Gasteiger partial charge < -0.3 is 28.4 Å². The van der Waals surface area contributed by atoms with Crippen LogP contribution in [0, 0.1) is 16.2 Å². The topological polar surface area (TPSA) is 55.4 Å². The molecule has 3 saturated heterocycles. The quantitative estimate of drug-likeness (QED) is 0.162. The predicted molar refractivity (Wildman–Crippen MR) is 161 cm³/mol. The summed E-state index contributed by atoms with van der Waals surface area (Å²) in [5.41, 5.74) is 4.96. The molecule has 3 heterocycles. The first-order chi connectivity index (χ1) is 18.4. The van der Waals surface area contributed by atoms with E-state index in [2.05, 4.69) is 80.2 Å². The van der Waals surface area contributed by atoms with E-state index >= 15 is 0 Å². The van der Waals surface area contributed by atoms with Crippen molar-refractivity contribution in [2.75, 3.05) is 79.3 Å². The SMILES string of the molecule is C=CCOCC1(C)COC1.CC(C)=CCC/C(C)=C/COCC1(C)COC1.CC(C)=CCOCC1(C)COC1. The van der Waals surface area contributed by atoms with Crippen molar-refractivity contribution in [3.63, 3.8) is 0 Å². The maximum Gasteiger partial charge on any atom is 0.0650 e. The van der Waals surface area contributed by atoms with Crippen LogP contribution in [-0.4, -0.2) is 79.3 Å². The normalized spacial score (nSPS) is 19.8. The Hall–Kier alpha value is -1.28. The van der Waals surface area contributed by atoms with Crippen LogP contribution in [0.5, 0.6) is 0 Å². The highest BCUT2D eigenvalue weighted by Gasteiger charge is 2.34. The second kappa shape index (κ2) is 19.0. The third-order valence-corrected chi connectivity index (χ3v) is 6.54. The van der Waals surface area contributed by atoms with Gasteiger partial charge in [0.25, 0.3) is 0 Å². The molecule has 0 aromatic heterocycles. The van der Waals surface area contributed by atoms with Crippen LogP contribution in [0.4, 0.5) is 0 Å². The fourth-order valence-electron chi connectivity index (χ4n) is 3.72. The monoisotopic (exact) mass is 550 g/mol. The van der Waals surface area contributed by atoms with E-state index in [1.54, 1.807) is 6.08 Å². The Morgan fingerprint density at radius 1 is 0.615 bits per heavy atom. The molecule has 0 radical (unpaired) electrons. The zero-order chi connectivity index (χ0) is 29.2. The lowest BCUT2D eigenvalue weighted by Gasteiger charge is -2.37. The summed E-state index contributed by atoms with van der Waals surface area (Å²) in [5, 5.41) is 0. The molecule has 3 fully saturated rings. The fourth-order valence-corrected chi connectivity index (χ4v) is 3.72. The molecule has 0 aromatic rings. The summed E-state index contributed by atoms with van der Waals surface area (Å²) >= 11 is 0. The molecule has 6 nitrogen and oxygen atoms in total. The number of hydrogen-bond acceptors (Lipinski definition) is 6. The smallest absolute Gasteiger partial charge is 0.0650 e. The molecule has 0 N–H and O–H groups in total. The second-order valence-electron chi connectivity index (χ2n) is 12.9. The summed E-state index contributed by atoms with van der Waals surface area (Å²) < 4.78 is 31.8. The Kier molecular flexibility index (Phi) is 17.4. The van der Waals surface area contributed by atoms with Gasteiger partial charge in [-0.05, 0) is 47.5 Å². The van der Waals surface area contributed by atoms with Crippen molar-refractivity contribution in [1.29, 1.82) is 0 Å². The first kappa shape index (κ1) is 35.7. The van der Waals surface area contributed by atoms with Crippen LogP contribution in [0.3, 0.4) is 0 Å². The highest BCUT2D eigenvalue weighted by Crippen LogP contribution is 2.27. The largest absolute Gasteiger partial charge is 0.380 e. The molecule has 0 atom stereocenters. The molecular formula is C33H58O6. The molecule has 3 aliphatic rings. The van der Waals surface area contributed by atoms with E-state index in [-0.39, 0.29) is 16.2 Å². The lowest BCUT2D eigenvalue weighted by atomic mass is 9.90. The summed E-state index contributed by atoms with van der Waals surface area (Å²) in [5.74, 6) is 0. The Labute approximate surface area is 239 Å². The Morgan fingerprint density at radius 3 is 1.33 bits per heavy atom. The molecule has 39 heavy (non-hydrogen) atoms. The van der Waals surface area contributed by atoms with Crippen LogP contribution >= 0.6 is 0 Å². The number of allylic oxidation sites excluding steroid dienone is 4. The average Bonchev–Trinajstić information content (AvgIpc) is 2.82. The van der Waals surface area contributed by atoms with Crippen molar-refractivity contribution in [2.24, 2.45) is 16.2 Å². The molecule has 0 saturated carbocycles. The molecule has 0 aliphatic carbocycles. The van der Waals surface area contributed by atoms with Crippen LogP contribution < -0.4 is 0 Å². The van der Waals surface area contributed by atoms with Gasteiger partial charge in [0.2, 0.25) is 0 Å². The van der Waals surface area contributed by atoms with E-state index < -0.39 is 0 Å². The van der Waals surface area contributed by atoms with Crippen LogP contribution in [0.25, 0.3) is 0 Å².